The number of aromatic nitrogens is 3. The van der Waals surface area contributed by atoms with Crippen LogP contribution in [-0.2, 0) is 18.4 Å². The van der Waals surface area contributed by atoms with Crippen LogP contribution in [0, 0.1) is 19.7 Å². The molecule has 4 rings (SSSR count). The van der Waals surface area contributed by atoms with Gasteiger partial charge in [-0.15, -0.1) is 0 Å². The summed E-state index contributed by atoms with van der Waals surface area (Å²) in [4.78, 5) is 39.4. The third-order valence-electron chi connectivity index (χ3n) is 5.34. The van der Waals surface area contributed by atoms with Crippen LogP contribution >= 0.6 is 11.6 Å². The second-order valence-electron chi connectivity index (χ2n) is 7.60. The van der Waals surface area contributed by atoms with E-state index in [1.54, 1.807) is 35.9 Å². The van der Waals surface area contributed by atoms with Crippen LogP contribution < -0.4 is 16.6 Å². The second kappa shape index (κ2) is 8.12. The minimum absolute atomic E-state index is 0.131. The number of nitrogens with one attached hydrogen (secondary N) is 1. The Morgan fingerprint density at radius 1 is 1.09 bits per heavy atom. The molecule has 0 saturated carbocycles. The average molecular weight is 455 g/mol. The molecule has 0 saturated heterocycles. The number of anilines is 1. The second-order valence-corrected chi connectivity index (χ2v) is 8.01. The van der Waals surface area contributed by atoms with Gasteiger partial charge in [-0.1, -0.05) is 23.7 Å². The molecule has 0 unspecified atom stereocenters. The lowest BCUT2D eigenvalue weighted by Crippen LogP contribution is -2.41. The van der Waals surface area contributed by atoms with Crippen LogP contribution in [0.2, 0.25) is 5.02 Å². The summed E-state index contributed by atoms with van der Waals surface area (Å²) in [7, 11) is 1.73. The molecule has 164 valence electrons. The van der Waals surface area contributed by atoms with Gasteiger partial charge in [-0.25, -0.2) is 13.8 Å². The number of rotatable bonds is 4. The van der Waals surface area contributed by atoms with Gasteiger partial charge >= 0.3 is 5.69 Å². The van der Waals surface area contributed by atoms with Crippen LogP contribution in [0.25, 0.3) is 16.7 Å². The molecule has 2 aromatic carbocycles. The van der Waals surface area contributed by atoms with Gasteiger partial charge in [0.1, 0.15) is 17.9 Å². The highest BCUT2D eigenvalue weighted by Gasteiger charge is 2.20. The Kier molecular flexibility index (Phi) is 5.48. The van der Waals surface area contributed by atoms with Crippen LogP contribution in [-0.4, -0.2) is 19.6 Å². The average Bonchev–Trinajstić information content (AvgIpc) is 3.03. The van der Waals surface area contributed by atoms with Gasteiger partial charge < -0.3 is 9.88 Å². The van der Waals surface area contributed by atoms with E-state index in [-0.39, 0.29) is 11.6 Å². The van der Waals surface area contributed by atoms with Gasteiger partial charge in [-0.05, 0) is 55.8 Å². The van der Waals surface area contributed by atoms with E-state index < -0.39 is 23.0 Å². The van der Waals surface area contributed by atoms with Gasteiger partial charge in [-0.3, -0.25) is 14.2 Å². The Hall–Kier alpha value is -3.65. The summed E-state index contributed by atoms with van der Waals surface area (Å²) in [5.41, 5.74) is 1.92. The normalized spacial score (nSPS) is 11.2. The van der Waals surface area contributed by atoms with Crippen molar-refractivity contribution in [1.29, 1.82) is 0 Å². The van der Waals surface area contributed by atoms with Crippen molar-refractivity contribution in [1.82, 2.24) is 13.7 Å². The topological polar surface area (TPSA) is 78.0 Å². The van der Waals surface area contributed by atoms with Crippen LogP contribution in [0.5, 0.6) is 0 Å². The van der Waals surface area contributed by atoms with E-state index in [2.05, 4.69) is 5.32 Å². The molecule has 0 aliphatic carbocycles. The van der Waals surface area contributed by atoms with Gasteiger partial charge in [0.15, 0.2) is 0 Å². The van der Waals surface area contributed by atoms with Crippen molar-refractivity contribution in [2.24, 2.45) is 7.05 Å². The Balaban J connectivity index is 1.86. The summed E-state index contributed by atoms with van der Waals surface area (Å²) in [6.07, 6.45) is 0. The molecule has 0 atom stereocenters. The molecule has 0 aliphatic rings. The smallest absolute Gasteiger partial charge is 0.336 e. The van der Waals surface area contributed by atoms with Crippen molar-refractivity contribution in [3.63, 3.8) is 0 Å². The van der Waals surface area contributed by atoms with E-state index in [0.29, 0.717) is 22.4 Å². The zero-order valence-corrected chi connectivity index (χ0v) is 18.4. The van der Waals surface area contributed by atoms with Gasteiger partial charge in [0.25, 0.3) is 5.56 Å². The molecule has 2 heterocycles. The summed E-state index contributed by atoms with van der Waals surface area (Å²) < 4.78 is 17.4. The number of carbonyl (C=O) groups excluding carboxylic acids is 1. The minimum atomic E-state index is -0.633. The van der Waals surface area contributed by atoms with E-state index in [4.69, 9.17) is 11.6 Å². The van der Waals surface area contributed by atoms with Crippen LogP contribution in [0.4, 0.5) is 10.1 Å². The fourth-order valence-electron chi connectivity index (χ4n) is 3.65. The summed E-state index contributed by atoms with van der Waals surface area (Å²) in [5, 5.41) is 2.48. The first-order valence-electron chi connectivity index (χ1n) is 9.81. The van der Waals surface area contributed by atoms with E-state index in [0.717, 1.165) is 21.9 Å². The van der Waals surface area contributed by atoms with Crippen LogP contribution in [0.15, 0.2) is 58.1 Å². The van der Waals surface area contributed by atoms with Crippen molar-refractivity contribution in [3.05, 3.63) is 91.5 Å². The molecule has 1 N–H and O–H groups in total. The standard InChI is InChI=1S/C23H20ClFN4O3/c1-13-5-4-6-16(9-13)29-22(31)21-19(10-14(2)27(21)3)28(23(29)32)12-20(30)26-15-7-8-18(25)17(24)11-15/h4-11H,12H2,1-3H3,(H,26,30). The maximum Gasteiger partial charge on any atom is 0.336 e. The molecular weight excluding hydrogens is 435 g/mol. The highest BCUT2D eigenvalue weighted by molar-refractivity contribution is 6.31. The molecule has 4 aromatic rings. The van der Waals surface area contributed by atoms with Crippen molar-refractivity contribution in [2.75, 3.05) is 5.32 Å². The highest BCUT2D eigenvalue weighted by Crippen LogP contribution is 2.20. The maximum absolute atomic E-state index is 13.4. The zero-order chi connectivity index (χ0) is 23.2. The van der Waals surface area contributed by atoms with E-state index in [9.17, 15) is 18.8 Å². The predicted molar refractivity (Wildman–Crippen MR) is 122 cm³/mol. The molecule has 2 aromatic heterocycles. The Morgan fingerprint density at radius 3 is 2.53 bits per heavy atom. The molecule has 0 aliphatic heterocycles. The number of benzene rings is 2. The lowest BCUT2D eigenvalue weighted by atomic mass is 10.2. The van der Waals surface area contributed by atoms with Crippen molar-refractivity contribution < 1.29 is 9.18 Å². The lowest BCUT2D eigenvalue weighted by molar-refractivity contribution is -0.116. The number of fused-ring (bicyclic) bond motifs is 1. The van der Waals surface area contributed by atoms with E-state index in [1.165, 1.54) is 16.7 Å². The lowest BCUT2D eigenvalue weighted by Gasteiger charge is -2.13. The first kappa shape index (κ1) is 21.6. The maximum atomic E-state index is 13.4. The fourth-order valence-corrected chi connectivity index (χ4v) is 3.83. The molecule has 0 spiro atoms. The summed E-state index contributed by atoms with van der Waals surface area (Å²) in [5.74, 6) is -1.13. The number of carbonyl (C=O) groups is 1. The fraction of sp³-hybridized carbons (Fsp3) is 0.174. The van der Waals surface area contributed by atoms with Crippen LogP contribution in [0.1, 0.15) is 11.3 Å². The third kappa shape index (κ3) is 3.73. The van der Waals surface area contributed by atoms with Gasteiger partial charge in [0.2, 0.25) is 5.91 Å². The van der Waals surface area contributed by atoms with E-state index >= 15 is 0 Å². The highest BCUT2D eigenvalue weighted by atomic mass is 35.5. The number of aryl methyl sites for hydroxylation is 3. The Morgan fingerprint density at radius 2 is 1.84 bits per heavy atom. The van der Waals surface area contributed by atoms with Crippen LogP contribution in [0.3, 0.4) is 0 Å². The van der Waals surface area contributed by atoms with Crippen molar-refractivity contribution in [3.8, 4) is 5.69 Å². The number of hydrogen-bond acceptors (Lipinski definition) is 3. The number of halogens is 2. The summed E-state index contributed by atoms with van der Waals surface area (Å²) in [6, 6.07) is 12.5. The zero-order valence-electron chi connectivity index (χ0n) is 17.6. The molecule has 0 fully saturated rings. The first-order chi connectivity index (χ1) is 15.2. The molecule has 0 bridgehead atoms. The molecule has 1 amide bonds. The largest absolute Gasteiger partial charge is 0.342 e. The SMILES string of the molecule is Cc1cccc(-n2c(=O)c3c(cc(C)n3C)n(CC(=O)Nc3ccc(F)c(Cl)c3)c2=O)c1. The number of amides is 1. The summed E-state index contributed by atoms with van der Waals surface area (Å²) in [6.45, 7) is 3.32. The number of nitrogens with zero attached hydrogens (tertiary/aromatic N) is 3. The molecule has 9 heteroatoms. The molecule has 7 nitrogen and oxygen atoms in total. The Labute approximate surface area is 187 Å². The van der Waals surface area contributed by atoms with Gasteiger partial charge in [0.05, 0.1) is 16.2 Å². The number of hydrogen-bond donors (Lipinski definition) is 1. The summed E-state index contributed by atoms with van der Waals surface area (Å²) >= 11 is 5.78. The predicted octanol–water partition coefficient (Wildman–Crippen LogP) is 3.54. The van der Waals surface area contributed by atoms with Gasteiger partial charge in [0, 0.05) is 18.4 Å². The minimum Gasteiger partial charge on any atom is -0.342 e. The van der Waals surface area contributed by atoms with Crippen molar-refractivity contribution >= 4 is 34.2 Å². The van der Waals surface area contributed by atoms with E-state index in [1.807, 2.05) is 19.9 Å². The third-order valence-corrected chi connectivity index (χ3v) is 5.63. The monoisotopic (exact) mass is 454 g/mol. The van der Waals surface area contributed by atoms with Gasteiger partial charge in [-0.2, -0.15) is 0 Å². The first-order valence-corrected chi connectivity index (χ1v) is 10.2. The van der Waals surface area contributed by atoms with Crippen molar-refractivity contribution in [2.45, 2.75) is 20.4 Å². The Bertz CT molecular complexity index is 1500. The quantitative estimate of drug-likeness (QED) is 0.512. The molecular formula is C23H20ClFN4O3. The molecule has 0 radical (unpaired) electrons. The molecule has 32 heavy (non-hydrogen) atoms.